The predicted octanol–water partition coefficient (Wildman–Crippen LogP) is 3.79. The molecule has 100 valence electrons. The highest BCUT2D eigenvalue weighted by molar-refractivity contribution is 6.27. The van der Waals surface area contributed by atoms with Gasteiger partial charge >= 0.3 is 0 Å². The van der Waals surface area contributed by atoms with Crippen molar-refractivity contribution in [2.45, 2.75) is 45.6 Å². The van der Waals surface area contributed by atoms with Crippen LogP contribution in [-0.4, -0.2) is 11.8 Å². The van der Waals surface area contributed by atoms with E-state index in [0.29, 0.717) is 5.92 Å². The topological polar surface area (TPSA) is 29.1 Å². The number of hydrogen-bond donors (Lipinski definition) is 1. The molecular formula is C15H22ClNO. The van der Waals surface area contributed by atoms with Crippen LogP contribution in [0, 0.1) is 0 Å². The van der Waals surface area contributed by atoms with E-state index >= 15 is 0 Å². The highest BCUT2D eigenvalue weighted by Gasteiger charge is 2.22. The summed E-state index contributed by atoms with van der Waals surface area (Å²) in [5, 5.41) is 2.91. The highest BCUT2D eigenvalue weighted by atomic mass is 35.5. The van der Waals surface area contributed by atoms with Crippen LogP contribution in [0.2, 0.25) is 0 Å². The fraction of sp³-hybridized carbons (Fsp3) is 0.533. The minimum absolute atomic E-state index is 0.00557. The molecule has 0 saturated carbocycles. The first-order valence-electron chi connectivity index (χ1n) is 6.38. The Hall–Kier alpha value is -1.02. The van der Waals surface area contributed by atoms with Crippen molar-refractivity contribution >= 4 is 17.5 Å². The van der Waals surface area contributed by atoms with Crippen molar-refractivity contribution in [1.29, 1.82) is 0 Å². The first kappa shape index (κ1) is 15.0. The smallest absolute Gasteiger partial charge is 0.235 e. The Morgan fingerprint density at radius 1 is 1.33 bits per heavy atom. The molecule has 0 bridgehead atoms. The average molecular weight is 268 g/mol. The second kappa shape index (κ2) is 6.24. The van der Waals surface area contributed by atoms with Gasteiger partial charge in [0.05, 0.1) is 5.54 Å². The van der Waals surface area contributed by atoms with Gasteiger partial charge in [0.1, 0.15) is 5.88 Å². The van der Waals surface area contributed by atoms with Crippen LogP contribution in [0.1, 0.15) is 51.2 Å². The molecule has 0 aliphatic heterocycles. The maximum atomic E-state index is 11.4. The predicted molar refractivity (Wildman–Crippen MR) is 77.0 cm³/mol. The van der Waals surface area contributed by atoms with Gasteiger partial charge in [-0.25, -0.2) is 0 Å². The molecule has 1 aromatic rings. The summed E-state index contributed by atoms with van der Waals surface area (Å²) in [6.45, 7) is 8.37. The lowest BCUT2D eigenvalue weighted by atomic mass is 9.90. The van der Waals surface area contributed by atoms with Crippen molar-refractivity contribution < 1.29 is 4.79 Å². The molecule has 1 amide bonds. The molecule has 1 unspecified atom stereocenters. The van der Waals surface area contributed by atoms with E-state index in [1.54, 1.807) is 0 Å². The lowest BCUT2D eigenvalue weighted by molar-refractivity contribution is -0.120. The van der Waals surface area contributed by atoms with Gasteiger partial charge in [-0.2, -0.15) is 0 Å². The van der Waals surface area contributed by atoms with E-state index < -0.39 is 0 Å². The van der Waals surface area contributed by atoms with Crippen molar-refractivity contribution in [3.8, 4) is 0 Å². The van der Waals surface area contributed by atoms with Gasteiger partial charge in [0.15, 0.2) is 0 Å². The van der Waals surface area contributed by atoms with E-state index in [4.69, 9.17) is 11.6 Å². The number of carbonyl (C=O) groups excluding carboxylic acids is 1. The van der Waals surface area contributed by atoms with E-state index in [1.165, 1.54) is 5.56 Å². The van der Waals surface area contributed by atoms with Gasteiger partial charge in [0, 0.05) is 0 Å². The van der Waals surface area contributed by atoms with Crippen molar-refractivity contribution in [1.82, 2.24) is 5.32 Å². The Morgan fingerprint density at radius 2 is 1.89 bits per heavy atom. The van der Waals surface area contributed by atoms with Gasteiger partial charge < -0.3 is 5.32 Å². The van der Waals surface area contributed by atoms with Crippen LogP contribution in [0.15, 0.2) is 24.3 Å². The fourth-order valence-corrected chi connectivity index (χ4v) is 1.98. The standard InChI is InChI=1S/C15H22ClNO/c1-5-11(2)12-6-8-13(9-7-12)15(3,4)17-14(18)10-16/h6-9,11H,5,10H2,1-4H3,(H,17,18). The monoisotopic (exact) mass is 267 g/mol. The summed E-state index contributed by atoms with van der Waals surface area (Å²) in [5.41, 5.74) is 2.04. The zero-order valence-electron chi connectivity index (χ0n) is 11.6. The van der Waals surface area contributed by atoms with E-state index in [0.717, 1.165) is 12.0 Å². The molecule has 0 fully saturated rings. The molecule has 0 aromatic heterocycles. The van der Waals surface area contributed by atoms with Gasteiger partial charge in [0.25, 0.3) is 0 Å². The molecule has 1 aromatic carbocycles. The van der Waals surface area contributed by atoms with Crippen molar-refractivity contribution in [3.05, 3.63) is 35.4 Å². The largest absolute Gasteiger partial charge is 0.346 e. The molecule has 2 nitrogen and oxygen atoms in total. The summed E-state index contributed by atoms with van der Waals surface area (Å²) in [7, 11) is 0. The Balaban J connectivity index is 2.86. The minimum Gasteiger partial charge on any atom is -0.346 e. The third-order valence-corrected chi connectivity index (χ3v) is 3.63. The van der Waals surface area contributed by atoms with E-state index in [2.05, 4.69) is 43.4 Å². The number of amides is 1. The van der Waals surface area contributed by atoms with Crippen LogP contribution < -0.4 is 5.32 Å². The molecule has 0 aliphatic carbocycles. The van der Waals surface area contributed by atoms with Crippen LogP contribution in [0.25, 0.3) is 0 Å². The molecule has 1 rings (SSSR count). The molecule has 3 heteroatoms. The number of halogens is 1. The third-order valence-electron chi connectivity index (χ3n) is 3.39. The van der Waals surface area contributed by atoms with Gasteiger partial charge in [-0.1, -0.05) is 38.1 Å². The van der Waals surface area contributed by atoms with Crippen LogP contribution in [0.3, 0.4) is 0 Å². The number of hydrogen-bond acceptors (Lipinski definition) is 1. The first-order valence-corrected chi connectivity index (χ1v) is 6.91. The molecule has 0 heterocycles. The van der Waals surface area contributed by atoms with Gasteiger partial charge in [-0.05, 0) is 37.3 Å². The Labute approximate surface area is 115 Å². The third kappa shape index (κ3) is 3.74. The van der Waals surface area contributed by atoms with Crippen LogP contribution >= 0.6 is 11.6 Å². The van der Waals surface area contributed by atoms with Gasteiger partial charge in [0.2, 0.25) is 5.91 Å². The lowest BCUT2D eigenvalue weighted by Crippen LogP contribution is -2.41. The average Bonchev–Trinajstić information content (AvgIpc) is 2.37. The van der Waals surface area contributed by atoms with E-state index in [-0.39, 0.29) is 17.3 Å². The second-order valence-electron chi connectivity index (χ2n) is 5.24. The normalized spacial score (nSPS) is 13.2. The number of nitrogens with one attached hydrogen (secondary N) is 1. The fourth-order valence-electron chi connectivity index (χ4n) is 1.92. The number of alkyl halides is 1. The zero-order chi connectivity index (χ0) is 13.8. The van der Waals surface area contributed by atoms with Gasteiger partial charge in [-0.15, -0.1) is 11.6 Å². The molecule has 0 aliphatic rings. The number of benzene rings is 1. The van der Waals surface area contributed by atoms with Gasteiger partial charge in [-0.3, -0.25) is 4.79 Å². The summed E-state index contributed by atoms with van der Waals surface area (Å²) < 4.78 is 0. The molecular weight excluding hydrogens is 246 g/mol. The SMILES string of the molecule is CCC(C)c1ccc(C(C)(C)NC(=O)CCl)cc1. The summed E-state index contributed by atoms with van der Waals surface area (Å²) >= 11 is 5.52. The molecule has 18 heavy (non-hydrogen) atoms. The maximum absolute atomic E-state index is 11.4. The summed E-state index contributed by atoms with van der Waals surface area (Å²) in [6, 6.07) is 8.43. The van der Waals surface area contributed by atoms with E-state index in [9.17, 15) is 4.79 Å². The Bertz CT molecular complexity index is 397. The first-order chi connectivity index (χ1) is 8.40. The zero-order valence-corrected chi connectivity index (χ0v) is 12.3. The molecule has 0 radical (unpaired) electrons. The summed E-state index contributed by atoms with van der Waals surface area (Å²) in [5.74, 6) is 0.418. The van der Waals surface area contributed by atoms with Crippen molar-refractivity contribution in [2.24, 2.45) is 0 Å². The quantitative estimate of drug-likeness (QED) is 0.808. The molecule has 0 spiro atoms. The lowest BCUT2D eigenvalue weighted by Gasteiger charge is -2.27. The van der Waals surface area contributed by atoms with Crippen LogP contribution in [0.5, 0.6) is 0 Å². The second-order valence-corrected chi connectivity index (χ2v) is 5.51. The summed E-state index contributed by atoms with van der Waals surface area (Å²) in [6.07, 6.45) is 1.13. The Kier molecular flexibility index (Phi) is 5.21. The van der Waals surface area contributed by atoms with Crippen LogP contribution in [-0.2, 0) is 10.3 Å². The minimum atomic E-state index is -0.389. The van der Waals surface area contributed by atoms with Crippen LogP contribution in [0.4, 0.5) is 0 Å². The highest BCUT2D eigenvalue weighted by Crippen LogP contribution is 2.24. The number of rotatable bonds is 5. The maximum Gasteiger partial charge on any atom is 0.235 e. The molecule has 1 N–H and O–H groups in total. The van der Waals surface area contributed by atoms with Crippen molar-refractivity contribution in [3.63, 3.8) is 0 Å². The Morgan fingerprint density at radius 3 is 2.33 bits per heavy atom. The van der Waals surface area contributed by atoms with Crippen molar-refractivity contribution in [2.75, 3.05) is 5.88 Å². The molecule has 1 atom stereocenters. The molecule has 0 saturated heterocycles. The number of carbonyl (C=O) groups is 1. The summed E-state index contributed by atoms with van der Waals surface area (Å²) in [4.78, 5) is 11.4. The van der Waals surface area contributed by atoms with E-state index in [1.807, 2.05) is 13.8 Å².